The Bertz CT molecular complexity index is 458. The second kappa shape index (κ2) is 5.14. The normalized spacial score (nSPS) is 20.5. The van der Waals surface area contributed by atoms with Crippen LogP contribution < -0.4 is 5.32 Å². The van der Waals surface area contributed by atoms with E-state index in [-0.39, 0.29) is 17.6 Å². The average Bonchev–Trinajstić information content (AvgIpc) is 2.36. The average molecular weight is 249 g/mol. The molecule has 0 radical (unpaired) electrons. The van der Waals surface area contributed by atoms with Crippen LogP contribution in [0.25, 0.3) is 0 Å². The van der Waals surface area contributed by atoms with Gasteiger partial charge >= 0.3 is 0 Å². The number of hydrogen-bond acceptors (Lipinski definition) is 4. The predicted octanol–water partition coefficient (Wildman–Crippen LogP) is 0.915. The summed E-state index contributed by atoms with van der Waals surface area (Å²) >= 11 is 0. The number of nitrogens with one attached hydrogen (secondary N) is 1. The van der Waals surface area contributed by atoms with E-state index in [1.165, 1.54) is 12.1 Å². The molecule has 1 amide bonds. The summed E-state index contributed by atoms with van der Waals surface area (Å²) in [5.41, 5.74) is 1.06. The minimum absolute atomic E-state index is 0.0307. The maximum atomic E-state index is 11.5. The van der Waals surface area contributed by atoms with Gasteiger partial charge in [0.25, 0.3) is 5.69 Å². The number of nitrogens with zero attached hydrogens (tertiary/aromatic N) is 2. The molecule has 6 heteroatoms. The van der Waals surface area contributed by atoms with Gasteiger partial charge in [-0.15, -0.1) is 0 Å². The highest BCUT2D eigenvalue weighted by molar-refractivity contribution is 5.81. The molecule has 1 aliphatic heterocycles. The number of nitro benzene ring substituents is 1. The fraction of sp³-hybridized carbons (Fsp3) is 0.417. The second-order valence-corrected chi connectivity index (χ2v) is 4.36. The molecule has 1 aromatic rings. The molecule has 0 saturated carbocycles. The minimum atomic E-state index is -0.416. The zero-order valence-corrected chi connectivity index (χ0v) is 10.1. The molecule has 1 heterocycles. The summed E-state index contributed by atoms with van der Waals surface area (Å²) in [6.07, 6.45) is 0. The number of carbonyl (C=O) groups excluding carboxylic acids is 1. The highest BCUT2D eigenvalue weighted by atomic mass is 16.6. The Morgan fingerprint density at radius 3 is 2.72 bits per heavy atom. The second-order valence-electron chi connectivity index (χ2n) is 4.36. The third-order valence-electron chi connectivity index (χ3n) is 3.16. The number of nitro groups is 1. The fourth-order valence-electron chi connectivity index (χ4n) is 2.00. The van der Waals surface area contributed by atoms with Gasteiger partial charge < -0.3 is 5.32 Å². The maximum absolute atomic E-state index is 11.5. The van der Waals surface area contributed by atoms with Crippen molar-refractivity contribution >= 4 is 11.6 Å². The van der Waals surface area contributed by atoms with Gasteiger partial charge in [0.15, 0.2) is 0 Å². The largest absolute Gasteiger partial charge is 0.353 e. The van der Waals surface area contributed by atoms with Crippen LogP contribution >= 0.6 is 0 Å². The molecule has 0 aliphatic carbocycles. The molecule has 2 rings (SSSR count). The lowest BCUT2D eigenvalue weighted by Crippen LogP contribution is -2.53. The molecule has 1 atom stereocenters. The molecule has 1 aromatic carbocycles. The SMILES string of the molecule is C[C@H]1C(=O)NCCN1Cc1ccc([N+](=O)[O-])cc1. The molecule has 1 saturated heterocycles. The van der Waals surface area contributed by atoms with E-state index in [0.29, 0.717) is 13.1 Å². The van der Waals surface area contributed by atoms with E-state index in [4.69, 9.17) is 0 Å². The summed E-state index contributed by atoms with van der Waals surface area (Å²) in [6.45, 7) is 3.94. The lowest BCUT2D eigenvalue weighted by atomic mass is 10.1. The van der Waals surface area contributed by atoms with Gasteiger partial charge in [0.05, 0.1) is 11.0 Å². The van der Waals surface area contributed by atoms with E-state index in [1.807, 2.05) is 6.92 Å². The van der Waals surface area contributed by atoms with Crippen LogP contribution in [0.1, 0.15) is 12.5 Å². The summed E-state index contributed by atoms with van der Waals surface area (Å²) in [5.74, 6) is 0.0307. The first kappa shape index (κ1) is 12.5. The van der Waals surface area contributed by atoms with Gasteiger partial charge in [0, 0.05) is 31.8 Å². The van der Waals surface area contributed by atoms with Crippen LogP contribution in [-0.4, -0.2) is 34.9 Å². The molecular formula is C12H15N3O3. The van der Waals surface area contributed by atoms with Gasteiger partial charge in [0.1, 0.15) is 0 Å². The quantitative estimate of drug-likeness (QED) is 0.638. The van der Waals surface area contributed by atoms with E-state index < -0.39 is 4.92 Å². The third-order valence-corrected chi connectivity index (χ3v) is 3.16. The first-order valence-electron chi connectivity index (χ1n) is 5.83. The molecule has 1 aliphatic rings. The Balaban J connectivity index is 2.04. The van der Waals surface area contributed by atoms with Crippen molar-refractivity contribution in [2.45, 2.75) is 19.5 Å². The van der Waals surface area contributed by atoms with Gasteiger partial charge in [-0.3, -0.25) is 19.8 Å². The van der Waals surface area contributed by atoms with Crippen LogP contribution in [0.3, 0.4) is 0 Å². The number of benzene rings is 1. The Kier molecular flexibility index (Phi) is 3.57. The van der Waals surface area contributed by atoms with Gasteiger partial charge in [-0.05, 0) is 12.5 Å². The topological polar surface area (TPSA) is 75.5 Å². The molecule has 0 aromatic heterocycles. The summed E-state index contributed by atoms with van der Waals surface area (Å²) in [5, 5.41) is 13.3. The summed E-state index contributed by atoms with van der Waals surface area (Å²) in [4.78, 5) is 23.7. The Labute approximate surface area is 105 Å². The van der Waals surface area contributed by atoms with E-state index in [1.54, 1.807) is 12.1 Å². The lowest BCUT2D eigenvalue weighted by Gasteiger charge is -2.32. The van der Waals surface area contributed by atoms with Crippen molar-refractivity contribution < 1.29 is 9.72 Å². The van der Waals surface area contributed by atoms with E-state index in [0.717, 1.165) is 12.1 Å². The van der Waals surface area contributed by atoms with Crippen LogP contribution in [0, 0.1) is 10.1 Å². The number of carbonyl (C=O) groups is 1. The lowest BCUT2D eigenvalue weighted by molar-refractivity contribution is -0.384. The smallest absolute Gasteiger partial charge is 0.269 e. The van der Waals surface area contributed by atoms with Crippen LogP contribution in [0.2, 0.25) is 0 Å². The van der Waals surface area contributed by atoms with Crippen molar-refractivity contribution in [3.8, 4) is 0 Å². The van der Waals surface area contributed by atoms with Crippen molar-refractivity contribution in [2.75, 3.05) is 13.1 Å². The van der Waals surface area contributed by atoms with E-state index in [2.05, 4.69) is 10.2 Å². The molecule has 0 unspecified atom stereocenters. The molecule has 1 N–H and O–H groups in total. The van der Waals surface area contributed by atoms with Crippen LogP contribution in [-0.2, 0) is 11.3 Å². The Hall–Kier alpha value is -1.95. The highest BCUT2D eigenvalue weighted by Gasteiger charge is 2.25. The Morgan fingerprint density at radius 1 is 1.44 bits per heavy atom. The molecule has 0 bridgehead atoms. The Morgan fingerprint density at radius 2 is 2.11 bits per heavy atom. The van der Waals surface area contributed by atoms with E-state index in [9.17, 15) is 14.9 Å². The monoisotopic (exact) mass is 249 g/mol. The first-order valence-corrected chi connectivity index (χ1v) is 5.83. The van der Waals surface area contributed by atoms with Crippen LogP contribution in [0.15, 0.2) is 24.3 Å². The predicted molar refractivity (Wildman–Crippen MR) is 66.0 cm³/mol. The van der Waals surface area contributed by atoms with Crippen molar-refractivity contribution in [2.24, 2.45) is 0 Å². The van der Waals surface area contributed by atoms with E-state index >= 15 is 0 Å². The highest BCUT2D eigenvalue weighted by Crippen LogP contribution is 2.15. The fourth-order valence-corrected chi connectivity index (χ4v) is 2.00. The van der Waals surface area contributed by atoms with Gasteiger partial charge in [-0.25, -0.2) is 0 Å². The summed E-state index contributed by atoms with van der Waals surface area (Å²) in [6, 6.07) is 6.29. The molecular weight excluding hydrogens is 234 g/mol. The first-order chi connectivity index (χ1) is 8.58. The molecule has 6 nitrogen and oxygen atoms in total. The van der Waals surface area contributed by atoms with Crippen LogP contribution in [0.5, 0.6) is 0 Å². The molecule has 96 valence electrons. The molecule has 18 heavy (non-hydrogen) atoms. The third kappa shape index (κ3) is 2.65. The number of rotatable bonds is 3. The zero-order chi connectivity index (χ0) is 13.1. The van der Waals surface area contributed by atoms with Crippen LogP contribution in [0.4, 0.5) is 5.69 Å². The summed E-state index contributed by atoms with van der Waals surface area (Å²) < 4.78 is 0. The van der Waals surface area contributed by atoms with Crippen molar-refractivity contribution in [3.63, 3.8) is 0 Å². The standard InChI is InChI=1S/C12H15N3O3/c1-9-12(16)13-6-7-14(9)8-10-2-4-11(5-3-10)15(17)18/h2-5,9H,6-8H2,1H3,(H,13,16)/t9-/m0/s1. The summed E-state index contributed by atoms with van der Waals surface area (Å²) in [7, 11) is 0. The number of amides is 1. The number of piperazine rings is 1. The minimum Gasteiger partial charge on any atom is -0.353 e. The van der Waals surface area contributed by atoms with Crippen molar-refractivity contribution in [1.29, 1.82) is 0 Å². The van der Waals surface area contributed by atoms with Gasteiger partial charge in [-0.2, -0.15) is 0 Å². The maximum Gasteiger partial charge on any atom is 0.269 e. The van der Waals surface area contributed by atoms with Crippen molar-refractivity contribution in [1.82, 2.24) is 10.2 Å². The van der Waals surface area contributed by atoms with Gasteiger partial charge in [0.2, 0.25) is 5.91 Å². The zero-order valence-electron chi connectivity index (χ0n) is 10.1. The van der Waals surface area contributed by atoms with Gasteiger partial charge in [-0.1, -0.05) is 12.1 Å². The number of non-ortho nitro benzene ring substituents is 1. The number of hydrogen-bond donors (Lipinski definition) is 1. The molecule has 1 fully saturated rings. The molecule has 0 spiro atoms. The van der Waals surface area contributed by atoms with Crippen molar-refractivity contribution in [3.05, 3.63) is 39.9 Å².